The maximum absolute atomic E-state index is 14.7. The molecule has 0 fully saturated rings. The third-order valence-corrected chi connectivity index (χ3v) is 8.76. The molecule has 4 aromatic rings. The number of nitrogens with one attached hydrogen (secondary N) is 1. The van der Waals surface area contributed by atoms with Gasteiger partial charge in [-0.1, -0.05) is 30.3 Å². The van der Waals surface area contributed by atoms with E-state index in [-0.39, 0.29) is 12.4 Å². The van der Waals surface area contributed by atoms with Crippen LogP contribution in [0.1, 0.15) is 24.0 Å². The normalized spacial score (nSPS) is 19.4. The van der Waals surface area contributed by atoms with Crippen LogP contribution in [0, 0.1) is 5.82 Å². The van der Waals surface area contributed by atoms with Gasteiger partial charge in [-0.3, -0.25) is 4.40 Å². The van der Waals surface area contributed by atoms with Crippen molar-refractivity contribution in [2.24, 2.45) is 4.36 Å². The van der Waals surface area contributed by atoms with Gasteiger partial charge in [-0.2, -0.15) is 0 Å². The van der Waals surface area contributed by atoms with Crippen molar-refractivity contribution in [1.29, 1.82) is 0 Å². The smallest absolute Gasteiger partial charge is 0.209 e. The van der Waals surface area contributed by atoms with Crippen LogP contribution in [0.25, 0.3) is 16.6 Å². The Morgan fingerprint density at radius 3 is 2.82 bits per heavy atom. The summed E-state index contributed by atoms with van der Waals surface area (Å²) in [7, 11) is -2.62. The summed E-state index contributed by atoms with van der Waals surface area (Å²) in [5, 5.41) is 3.77. The summed E-state index contributed by atoms with van der Waals surface area (Å²) in [6, 6.07) is 13.0. The molecule has 0 saturated heterocycles. The lowest BCUT2D eigenvalue weighted by atomic mass is 10.0. The zero-order valence-corrected chi connectivity index (χ0v) is 19.4. The van der Waals surface area contributed by atoms with Crippen LogP contribution in [0.2, 0.25) is 0 Å². The molecule has 1 N–H and O–H groups in total. The highest BCUT2D eigenvalue weighted by Gasteiger charge is 2.25. The van der Waals surface area contributed by atoms with Gasteiger partial charge in [0.15, 0.2) is 5.03 Å². The van der Waals surface area contributed by atoms with Gasteiger partial charge in [0.2, 0.25) is 5.95 Å². The van der Waals surface area contributed by atoms with Gasteiger partial charge >= 0.3 is 0 Å². The first kappa shape index (κ1) is 21.1. The van der Waals surface area contributed by atoms with E-state index in [2.05, 4.69) is 19.6 Å². The van der Waals surface area contributed by atoms with Gasteiger partial charge in [0, 0.05) is 48.2 Å². The highest BCUT2D eigenvalue weighted by molar-refractivity contribution is 7.93. The fourth-order valence-electron chi connectivity index (χ4n) is 4.70. The second-order valence-corrected chi connectivity index (χ2v) is 10.8. The topological polar surface area (TPSA) is 80.9 Å². The van der Waals surface area contributed by atoms with Crippen molar-refractivity contribution in [2.45, 2.75) is 30.8 Å². The molecule has 2 aliphatic rings. The summed E-state index contributed by atoms with van der Waals surface area (Å²) in [5.74, 6) is 1.46. The summed E-state index contributed by atoms with van der Waals surface area (Å²) in [5.41, 5.74) is 3.98. The van der Waals surface area contributed by atoms with Gasteiger partial charge in [-0.15, -0.1) is 0 Å². The molecule has 1 unspecified atom stereocenters. The summed E-state index contributed by atoms with van der Waals surface area (Å²) < 4.78 is 40.4. The highest BCUT2D eigenvalue weighted by atomic mass is 32.2. The molecule has 0 spiro atoms. The van der Waals surface area contributed by atoms with E-state index in [9.17, 15) is 8.60 Å². The van der Waals surface area contributed by atoms with E-state index in [1.54, 1.807) is 18.6 Å². The van der Waals surface area contributed by atoms with Crippen molar-refractivity contribution in [3.05, 3.63) is 71.9 Å². The Kier molecular flexibility index (Phi) is 5.21. The van der Waals surface area contributed by atoms with E-state index in [4.69, 9.17) is 4.74 Å². The van der Waals surface area contributed by atoms with E-state index in [0.717, 1.165) is 40.8 Å². The molecular formula is C25H24FN5O2S. The number of ether oxygens (including phenoxy) is 1. The molecule has 7 nitrogen and oxygen atoms in total. The summed E-state index contributed by atoms with van der Waals surface area (Å²) in [6.07, 6.45) is 5.88. The van der Waals surface area contributed by atoms with Crippen LogP contribution in [-0.4, -0.2) is 37.5 Å². The summed E-state index contributed by atoms with van der Waals surface area (Å²) in [4.78, 5) is 9.23. The number of hydrogen-bond donors (Lipinski definition) is 1. The molecule has 4 heterocycles. The SMILES string of the molecule is O=S1(c2ncn3c(NCc4c(F)ccc5c4CCO5)ncc(-c4ccccc4)c23)=NCCCC1. The summed E-state index contributed by atoms with van der Waals surface area (Å²) >= 11 is 0. The van der Waals surface area contributed by atoms with Crippen molar-refractivity contribution in [1.82, 2.24) is 14.4 Å². The second-order valence-electron chi connectivity index (χ2n) is 8.49. The molecule has 34 heavy (non-hydrogen) atoms. The van der Waals surface area contributed by atoms with Crippen molar-refractivity contribution < 1.29 is 13.3 Å². The third kappa shape index (κ3) is 3.51. The molecule has 0 aliphatic carbocycles. The highest BCUT2D eigenvalue weighted by Crippen LogP contribution is 2.34. The Hall–Kier alpha value is -3.46. The monoisotopic (exact) mass is 477 g/mol. The number of rotatable bonds is 5. The van der Waals surface area contributed by atoms with Crippen molar-refractivity contribution in [2.75, 3.05) is 24.2 Å². The first-order valence-corrected chi connectivity index (χ1v) is 13.1. The van der Waals surface area contributed by atoms with Crippen LogP contribution in [0.3, 0.4) is 0 Å². The minimum absolute atomic E-state index is 0.248. The second kappa shape index (κ2) is 8.39. The van der Waals surface area contributed by atoms with Gasteiger partial charge in [0.25, 0.3) is 0 Å². The Labute approximate surface area is 197 Å². The third-order valence-electron chi connectivity index (χ3n) is 6.41. The van der Waals surface area contributed by atoms with Gasteiger partial charge in [0.1, 0.15) is 17.9 Å². The zero-order chi connectivity index (χ0) is 23.1. The maximum Gasteiger partial charge on any atom is 0.209 e. The quantitative estimate of drug-likeness (QED) is 0.451. The number of benzene rings is 2. The zero-order valence-electron chi connectivity index (χ0n) is 18.5. The van der Waals surface area contributed by atoms with Crippen molar-refractivity contribution >= 4 is 21.2 Å². The predicted molar refractivity (Wildman–Crippen MR) is 129 cm³/mol. The molecule has 2 aromatic carbocycles. The van der Waals surface area contributed by atoms with E-state index in [0.29, 0.717) is 41.9 Å². The molecule has 0 amide bonds. The number of imidazole rings is 1. The molecular weight excluding hydrogens is 453 g/mol. The molecule has 174 valence electrons. The number of nitrogens with zero attached hydrogens (tertiary/aromatic N) is 4. The molecule has 2 aromatic heterocycles. The number of hydrogen-bond acceptors (Lipinski definition) is 6. The number of fused-ring (bicyclic) bond motifs is 2. The number of anilines is 1. The number of aromatic nitrogens is 3. The molecule has 2 aliphatic heterocycles. The standard InChI is InChI=1S/C25H24FN5O2S/c26-21-8-9-22-18(10-12-33-22)20(21)15-28-25-27-14-19(17-6-2-1-3-7-17)23-24(29-16-31(23)25)34(32)13-5-4-11-30-34/h1-3,6-9,14,16H,4-5,10-13,15H2,(H,27,28). The largest absolute Gasteiger partial charge is 0.493 e. The van der Waals surface area contributed by atoms with Crippen LogP contribution in [0.4, 0.5) is 10.3 Å². The molecule has 6 rings (SSSR count). The van der Waals surface area contributed by atoms with E-state index >= 15 is 0 Å². The van der Waals surface area contributed by atoms with Crippen LogP contribution >= 0.6 is 0 Å². The van der Waals surface area contributed by atoms with Crippen LogP contribution in [0.5, 0.6) is 5.75 Å². The van der Waals surface area contributed by atoms with Crippen molar-refractivity contribution in [3.8, 4) is 16.9 Å². The van der Waals surface area contributed by atoms with Crippen LogP contribution in [-0.2, 0) is 22.7 Å². The molecule has 0 saturated carbocycles. The van der Waals surface area contributed by atoms with E-state index in [1.165, 1.54) is 6.07 Å². The first-order chi connectivity index (χ1) is 16.6. The molecule has 9 heteroatoms. The fourth-order valence-corrected chi connectivity index (χ4v) is 6.88. The lowest BCUT2D eigenvalue weighted by molar-refractivity contribution is 0.356. The Bertz CT molecular complexity index is 1510. The molecule has 0 bridgehead atoms. The average Bonchev–Trinajstić information content (AvgIpc) is 3.53. The first-order valence-electron chi connectivity index (χ1n) is 11.4. The average molecular weight is 478 g/mol. The van der Waals surface area contributed by atoms with Crippen LogP contribution < -0.4 is 10.1 Å². The van der Waals surface area contributed by atoms with Crippen molar-refractivity contribution in [3.63, 3.8) is 0 Å². The minimum Gasteiger partial charge on any atom is -0.493 e. The number of halogens is 1. The van der Waals surface area contributed by atoms with E-state index in [1.807, 2.05) is 34.7 Å². The molecule has 1 atom stereocenters. The fraction of sp³-hybridized carbons (Fsp3) is 0.280. The van der Waals surface area contributed by atoms with Gasteiger partial charge in [-0.05, 0) is 30.5 Å². The van der Waals surface area contributed by atoms with Gasteiger partial charge in [-0.25, -0.2) is 22.9 Å². The summed E-state index contributed by atoms with van der Waals surface area (Å²) in [6.45, 7) is 1.39. The Balaban J connectivity index is 1.47. The van der Waals surface area contributed by atoms with Gasteiger partial charge < -0.3 is 10.1 Å². The van der Waals surface area contributed by atoms with Gasteiger partial charge in [0.05, 0.1) is 21.9 Å². The maximum atomic E-state index is 14.7. The molecule has 0 radical (unpaired) electrons. The lowest BCUT2D eigenvalue weighted by Crippen LogP contribution is -2.14. The lowest BCUT2D eigenvalue weighted by Gasteiger charge is -2.16. The predicted octanol–water partition coefficient (Wildman–Crippen LogP) is 4.70. The minimum atomic E-state index is -2.62. The Morgan fingerprint density at radius 1 is 1.12 bits per heavy atom. The Morgan fingerprint density at radius 2 is 2.00 bits per heavy atom. The van der Waals surface area contributed by atoms with Crippen LogP contribution in [0.15, 0.2) is 64.4 Å². The van der Waals surface area contributed by atoms with E-state index < -0.39 is 9.73 Å².